The smallest absolute Gasteiger partial charge is 0.419 e. The van der Waals surface area contributed by atoms with E-state index in [0.29, 0.717) is 0 Å². The van der Waals surface area contributed by atoms with Crippen molar-refractivity contribution in [2.45, 2.75) is 6.18 Å². The van der Waals surface area contributed by atoms with Crippen LogP contribution < -0.4 is 9.47 Å². The molecule has 1 heterocycles. The molecule has 0 fully saturated rings. The quantitative estimate of drug-likeness (QED) is 0.870. The molecule has 1 aromatic carbocycles. The summed E-state index contributed by atoms with van der Waals surface area (Å²) in [5.74, 6) is -0.440. The summed E-state index contributed by atoms with van der Waals surface area (Å²) in [6.07, 6.45) is -4.56. The molecule has 20 heavy (non-hydrogen) atoms. The Morgan fingerprint density at radius 3 is 2.35 bits per heavy atom. The topological polar surface area (TPSA) is 57.1 Å². The minimum atomic E-state index is -4.56. The number of halogens is 4. The molecule has 0 aliphatic carbocycles. The van der Waals surface area contributed by atoms with E-state index in [4.69, 9.17) is 21.1 Å². The Balaban J connectivity index is 2.38. The zero-order chi connectivity index (χ0) is 14.8. The number of rotatable bonds is 3. The maximum absolute atomic E-state index is 12.8. The van der Waals surface area contributed by atoms with Crippen LogP contribution in [0.5, 0.6) is 17.8 Å². The zero-order valence-corrected chi connectivity index (χ0v) is 10.7. The first-order chi connectivity index (χ1) is 9.40. The number of aromatic nitrogens is 3. The first-order valence-corrected chi connectivity index (χ1v) is 5.57. The molecule has 0 saturated heterocycles. The van der Waals surface area contributed by atoms with Crippen LogP contribution >= 0.6 is 11.6 Å². The third-order valence-electron chi connectivity index (χ3n) is 2.14. The SMILES string of the molecule is COc1nc(Cl)nc(Oc2ccccc2C(F)(F)F)n1. The van der Waals surface area contributed by atoms with Gasteiger partial charge in [-0.15, -0.1) is 4.98 Å². The molecule has 2 rings (SSSR count). The highest BCUT2D eigenvalue weighted by Crippen LogP contribution is 2.37. The molecule has 0 bridgehead atoms. The minimum Gasteiger partial charge on any atom is -0.467 e. The Morgan fingerprint density at radius 1 is 1.05 bits per heavy atom. The molecule has 0 unspecified atom stereocenters. The molecule has 9 heteroatoms. The van der Waals surface area contributed by atoms with Gasteiger partial charge in [-0.25, -0.2) is 0 Å². The van der Waals surface area contributed by atoms with Gasteiger partial charge >= 0.3 is 18.2 Å². The number of methoxy groups -OCH3 is 1. The summed E-state index contributed by atoms with van der Waals surface area (Å²) in [5, 5.41) is -0.253. The van der Waals surface area contributed by atoms with Crippen molar-refractivity contribution in [3.8, 4) is 17.8 Å². The molecular weight excluding hydrogens is 299 g/mol. The number of alkyl halides is 3. The summed E-state index contributed by atoms with van der Waals surface area (Å²) in [5.41, 5.74) is -0.949. The second-order valence-corrected chi connectivity index (χ2v) is 3.81. The molecule has 0 saturated carbocycles. The van der Waals surface area contributed by atoms with Crippen LogP contribution in [-0.2, 0) is 6.18 Å². The standard InChI is InChI=1S/C11H7ClF3N3O2/c1-19-9-16-8(12)17-10(18-9)20-7-5-3-2-4-6(7)11(13,14)15/h2-5H,1H3. The van der Waals surface area contributed by atoms with E-state index in [1.54, 1.807) is 0 Å². The van der Waals surface area contributed by atoms with Gasteiger partial charge in [-0.1, -0.05) is 12.1 Å². The van der Waals surface area contributed by atoms with Crippen LogP contribution in [0.1, 0.15) is 5.56 Å². The van der Waals surface area contributed by atoms with Crippen molar-refractivity contribution in [3.05, 3.63) is 35.1 Å². The van der Waals surface area contributed by atoms with Crippen LogP contribution in [0.2, 0.25) is 5.28 Å². The molecule has 106 valence electrons. The summed E-state index contributed by atoms with van der Waals surface area (Å²) in [7, 11) is 1.28. The van der Waals surface area contributed by atoms with Gasteiger partial charge < -0.3 is 9.47 Å². The van der Waals surface area contributed by atoms with Gasteiger partial charge in [0.05, 0.1) is 12.7 Å². The van der Waals surface area contributed by atoms with E-state index >= 15 is 0 Å². The molecule has 0 N–H and O–H groups in total. The third-order valence-corrected chi connectivity index (χ3v) is 2.31. The van der Waals surface area contributed by atoms with Gasteiger partial charge in [-0.05, 0) is 23.7 Å². The highest BCUT2D eigenvalue weighted by Gasteiger charge is 2.34. The molecule has 0 aliphatic heterocycles. The Hall–Kier alpha value is -2.09. The highest BCUT2D eigenvalue weighted by atomic mass is 35.5. The van der Waals surface area contributed by atoms with Crippen molar-refractivity contribution in [1.29, 1.82) is 0 Å². The molecule has 5 nitrogen and oxygen atoms in total. The Bertz CT molecular complexity index is 622. The first-order valence-electron chi connectivity index (χ1n) is 5.20. The average Bonchev–Trinajstić information content (AvgIpc) is 2.37. The summed E-state index contributed by atoms with van der Waals surface area (Å²) < 4.78 is 48.1. The number of benzene rings is 1. The maximum Gasteiger partial charge on any atom is 0.419 e. The lowest BCUT2D eigenvalue weighted by Gasteiger charge is -2.12. The summed E-state index contributed by atoms with van der Waals surface area (Å²) >= 11 is 5.58. The van der Waals surface area contributed by atoms with E-state index in [1.165, 1.54) is 19.2 Å². The fraction of sp³-hybridized carbons (Fsp3) is 0.182. The molecule has 1 aromatic heterocycles. The predicted octanol–water partition coefficient (Wildman–Crippen LogP) is 3.34. The number of hydrogen-bond acceptors (Lipinski definition) is 5. The summed E-state index contributed by atoms with van der Waals surface area (Å²) in [4.78, 5) is 10.8. The van der Waals surface area contributed by atoms with Crippen LogP contribution in [0.4, 0.5) is 13.2 Å². The number of hydrogen-bond donors (Lipinski definition) is 0. The fourth-order valence-electron chi connectivity index (χ4n) is 1.34. The number of para-hydroxylation sites is 1. The van der Waals surface area contributed by atoms with Crippen LogP contribution in [0.25, 0.3) is 0 Å². The second-order valence-electron chi connectivity index (χ2n) is 3.47. The van der Waals surface area contributed by atoms with E-state index in [-0.39, 0.29) is 11.3 Å². The average molecular weight is 306 g/mol. The normalized spacial score (nSPS) is 11.2. The Morgan fingerprint density at radius 2 is 1.70 bits per heavy atom. The number of nitrogens with zero attached hydrogens (tertiary/aromatic N) is 3. The lowest BCUT2D eigenvalue weighted by Crippen LogP contribution is -2.08. The van der Waals surface area contributed by atoms with Crippen LogP contribution in [0.15, 0.2) is 24.3 Å². The van der Waals surface area contributed by atoms with E-state index < -0.39 is 23.5 Å². The van der Waals surface area contributed by atoms with E-state index in [9.17, 15) is 13.2 Å². The van der Waals surface area contributed by atoms with Crippen molar-refractivity contribution in [2.24, 2.45) is 0 Å². The maximum atomic E-state index is 12.8. The molecular formula is C11H7ClF3N3O2. The molecule has 0 aliphatic rings. The van der Waals surface area contributed by atoms with Gasteiger partial charge in [0.15, 0.2) is 0 Å². The predicted molar refractivity (Wildman–Crippen MR) is 62.9 cm³/mol. The Kier molecular flexibility index (Phi) is 3.93. The first kappa shape index (κ1) is 14.3. The van der Waals surface area contributed by atoms with Crippen molar-refractivity contribution >= 4 is 11.6 Å². The largest absolute Gasteiger partial charge is 0.467 e. The van der Waals surface area contributed by atoms with Crippen LogP contribution in [0.3, 0.4) is 0 Å². The van der Waals surface area contributed by atoms with E-state index in [1.807, 2.05) is 0 Å². The molecule has 0 radical (unpaired) electrons. The lowest BCUT2D eigenvalue weighted by atomic mass is 10.2. The van der Waals surface area contributed by atoms with Crippen LogP contribution in [-0.4, -0.2) is 22.1 Å². The van der Waals surface area contributed by atoms with Crippen molar-refractivity contribution < 1.29 is 22.6 Å². The van der Waals surface area contributed by atoms with Crippen molar-refractivity contribution in [1.82, 2.24) is 15.0 Å². The van der Waals surface area contributed by atoms with Gasteiger partial charge in [0.2, 0.25) is 5.28 Å². The lowest BCUT2D eigenvalue weighted by molar-refractivity contribution is -0.138. The summed E-state index contributed by atoms with van der Waals surface area (Å²) in [6, 6.07) is 4.12. The molecule has 2 aromatic rings. The minimum absolute atomic E-state index is 0.163. The molecule has 0 spiro atoms. The number of ether oxygens (including phenoxy) is 2. The second kappa shape index (κ2) is 5.49. The highest BCUT2D eigenvalue weighted by molar-refractivity contribution is 6.28. The molecule has 0 atom stereocenters. The Labute approximate surface area is 116 Å². The zero-order valence-electron chi connectivity index (χ0n) is 9.98. The summed E-state index contributed by atoms with van der Waals surface area (Å²) in [6.45, 7) is 0. The fourth-order valence-corrected chi connectivity index (χ4v) is 1.48. The van der Waals surface area contributed by atoms with Gasteiger partial charge in [0.1, 0.15) is 5.75 Å². The monoisotopic (exact) mass is 305 g/mol. The van der Waals surface area contributed by atoms with Crippen molar-refractivity contribution in [2.75, 3.05) is 7.11 Å². The van der Waals surface area contributed by atoms with E-state index in [2.05, 4.69) is 15.0 Å². The van der Waals surface area contributed by atoms with E-state index in [0.717, 1.165) is 12.1 Å². The van der Waals surface area contributed by atoms with Gasteiger partial charge in [-0.2, -0.15) is 23.1 Å². The van der Waals surface area contributed by atoms with Gasteiger partial charge in [-0.3, -0.25) is 0 Å². The van der Waals surface area contributed by atoms with Gasteiger partial charge in [0.25, 0.3) is 0 Å². The van der Waals surface area contributed by atoms with Gasteiger partial charge in [0, 0.05) is 0 Å². The molecule has 0 amide bonds. The third kappa shape index (κ3) is 3.27. The van der Waals surface area contributed by atoms with Crippen LogP contribution in [0, 0.1) is 0 Å². The van der Waals surface area contributed by atoms with Crippen molar-refractivity contribution in [3.63, 3.8) is 0 Å².